The minimum atomic E-state index is -0.408. The van der Waals surface area contributed by atoms with Gasteiger partial charge >= 0.3 is 5.97 Å². The van der Waals surface area contributed by atoms with Crippen LogP contribution in [-0.4, -0.2) is 17.9 Å². The standard InChI is InChI=1S/C11H20O3/c1-9(8-12)6-5-7-11(3,4)14-10(2)13/h8-9H,5-7H2,1-4H3. The van der Waals surface area contributed by atoms with Gasteiger partial charge in [-0.05, 0) is 33.1 Å². The smallest absolute Gasteiger partial charge is 0.303 e. The van der Waals surface area contributed by atoms with Crippen LogP contribution in [0.3, 0.4) is 0 Å². The average Bonchev–Trinajstić information content (AvgIpc) is 2.01. The normalized spacial score (nSPS) is 13.4. The van der Waals surface area contributed by atoms with Crippen molar-refractivity contribution in [1.82, 2.24) is 0 Å². The first kappa shape index (κ1) is 13.1. The van der Waals surface area contributed by atoms with E-state index in [9.17, 15) is 9.59 Å². The molecule has 1 unspecified atom stereocenters. The molecule has 3 nitrogen and oxygen atoms in total. The maximum Gasteiger partial charge on any atom is 0.303 e. The van der Waals surface area contributed by atoms with Crippen molar-refractivity contribution in [3.05, 3.63) is 0 Å². The van der Waals surface area contributed by atoms with Crippen LogP contribution in [0.4, 0.5) is 0 Å². The van der Waals surface area contributed by atoms with Crippen LogP contribution in [0.1, 0.15) is 47.0 Å². The Morgan fingerprint density at radius 2 is 2.07 bits per heavy atom. The summed E-state index contributed by atoms with van der Waals surface area (Å²) in [6, 6.07) is 0. The predicted molar refractivity (Wildman–Crippen MR) is 54.9 cm³/mol. The number of carbonyl (C=O) groups is 2. The zero-order valence-corrected chi connectivity index (χ0v) is 9.50. The van der Waals surface area contributed by atoms with Gasteiger partial charge in [-0.3, -0.25) is 4.79 Å². The highest BCUT2D eigenvalue weighted by Gasteiger charge is 2.20. The molecule has 0 radical (unpaired) electrons. The number of carbonyl (C=O) groups excluding carboxylic acids is 2. The second-order valence-electron chi connectivity index (χ2n) is 4.36. The molecule has 0 aliphatic carbocycles. The number of rotatable bonds is 6. The van der Waals surface area contributed by atoms with Crippen molar-refractivity contribution >= 4 is 12.3 Å². The molecule has 0 heterocycles. The molecule has 0 aliphatic rings. The third-order valence-electron chi connectivity index (χ3n) is 2.09. The summed E-state index contributed by atoms with van der Waals surface area (Å²) in [4.78, 5) is 21.1. The van der Waals surface area contributed by atoms with E-state index in [-0.39, 0.29) is 11.9 Å². The van der Waals surface area contributed by atoms with Gasteiger partial charge in [-0.25, -0.2) is 0 Å². The summed E-state index contributed by atoms with van der Waals surface area (Å²) in [7, 11) is 0. The summed E-state index contributed by atoms with van der Waals surface area (Å²) < 4.78 is 5.13. The largest absolute Gasteiger partial charge is 0.460 e. The maximum absolute atomic E-state index is 10.7. The lowest BCUT2D eigenvalue weighted by atomic mass is 9.97. The molecule has 0 saturated heterocycles. The SMILES string of the molecule is CC(=O)OC(C)(C)CCCC(C)C=O. The summed E-state index contributed by atoms with van der Waals surface area (Å²) >= 11 is 0. The number of hydrogen-bond donors (Lipinski definition) is 0. The Bertz CT molecular complexity index is 197. The second kappa shape index (κ2) is 5.78. The summed E-state index contributed by atoms with van der Waals surface area (Å²) in [5.74, 6) is -0.151. The Balaban J connectivity index is 3.75. The molecular formula is C11H20O3. The van der Waals surface area contributed by atoms with Gasteiger partial charge in [-0.15, -0.1) is 0 Å². The molecule has 0 saturated carbocycles. The highest BCUT2D eigenvalue weighted by molar-refractivity contribution is 5.66. The Morgan fingerprint density at radius 3 is 2.50 bits per heavy atom. The average molecular weight is 200 g/mol. The van der Waals surface area contributed by atoms with E-state index in [0.29, 0.717) is 0 Å². The summed E-state index contributed by atoms with van der Waals surface area (Å²) in [6.07, 6.45) is 3.51. The molecule has 0 bridgehead atoms. The van der Waals surface area contributed by atoms with Crippen molar-refractivity contribution in [2.45, 2.75) is 52.6 Å². The van der Waals surface area contributed by atoms with Gasteiger partial charge in [-0.2, -0.15) is 0 Å². The van der Waals surface area contributed by atoms with Crippen LogP contribution < -0.4 is 0 Å². The van der Waals surface area contributed by atoms with Crippen molar-refractivity contribution in [2.75, 3.05) is 0 Å². The van der Waals surface area contributed by atoms with E-state index in [2.05, 4.69) is 0 Å². The van der Waals surface area contributed by atoms with Crippen LogP contribution in [0.2, 0.25) is 0 Å². The summed E-state index contributed by atoms with van der Waals surface area (Å²) in [5, 5.41) is 0. The maximum atomic E-state index is 10.7. The minimum Gasteiger partial charge on any atom is -0.460 e. The minimum absolute atomic E-state index is 0.100. The van der Waals surface area contributed by atoms with Gasteiger partial charge in [0.05, 0.1) is 0 Å². The van der Waals surface area contributed by atoms with E-state index in [4.69, 9.17) is 4.74 Å². The molecule has 0 rings (SSSR count). The first-order valence-corrected chi connectivity index (χ1v) is 5.02. The van der Waals surface area contributed by atoms with Gasteiger partial charge < -0.3 is 9.53 Å². The molecule has 0 fully saturated rings. The molecule has 14 heavy (non-hydrogen) atoms. The van der Waals surface area contributed by atoms with Crippen molar-refractivity contribution in [1.29, 1.82) is 0 Å². The van der Waals surface area contributed by atoms with E-state index in [0.717, 1.165) is 25.5 Å². The zero-order chi connectivity index (χ0) is 11.2. The van der Waals surface area contributed by atoms with E-state index in [1.54, 1.807) is 0 Å². The molecule has 1 atom stereocenters. The number of hydrogen-bond acceptors (Lipinski definition) is 3. The van der Waals surface area contributed by atoms with Crippen LogP contribution in [0.25, 0.3) is 0 Å². The molecule has 82 valence electrons. The van der Waals surface area contributed by atoms with Crippen molar-refractivity contribution in [2.24, 2.45) is 5.92 Å². The Kier molecular flexibility index (Phi) is 5.43. The van der Waals surface area contributed by atoms with E-state index in [1.807, 2.05) is 20.8 Å². The molecule has 0 aromatic heterocycles. The fraction of sp³-hybridized carbons (Fsp3) is 0.818. The first-order chi connectivity index (χ1) is 6.37. The second-order valence-corrected chi connectivity index (χ2v) is 4.36. The fourth-order valence-electron chi connectivity index (χ4n) is 1.36. The highest BCUT2D eigenvalue weighted by atomic mass is 16.6. The molecule has 0 aromatic rings. The van der Waals surface area contributed by atoms with E-state index < -0.39 is 5.60 Å². The van der Waals surface area contributed by atoms with Crippen molar-refractivity contribution in [3.8, 4) is 0 Å². The zero-order valence-electron chi connectivity index (χ0n) is 9.50. The van der Waals surface area contributed by atoms with E-state index >= 15 is 0 Å². The topological polar surface area (TPSA) is 43.4 Å². The molecule has 0 amide bonds. The molecule has 3 heteroatoms. The number of aldehydes is 1. The first-order valence-electron chi connectivity index (χ1n) is 5.02. The van der Waals surface area contributed by atoms with E-state index in [1.165, 1.54) is 6.92 Å². The van der Waals surface area contributed by atoms with Crippen LogP contribution in [0, 0.1) is 5.92 Å². The molecule has 0 aromatic carbocycles. The highest BCUT2D eigenvalue weighted by Crippen LogP contribution is 2.19. The third kappa shape index (κ3) is 6.63. The van der Waals surface area contributed by atoms with Gasteiger partial charge in [-0.1, -0.05) is 6.92 Å². The van der Waals surface area contributed by atoms with Crippen LogP contribution >= 0.6 is 0 Å². The number of esters is 1. The van der Waals surface area contributed by atoms with Crippen molar-refractivity contribution < 1.29 is 14.3 Å². The monoisotopic (exact) mass is 200 g/mol. The van der Waals surface area contributed by atoms with Crippen molar-refractivity contribution in [3.63, 3.8) is 0 Å². The van der Waals surface area contributed by atoms with Gasteiger partial charge in [0, 0.05) is 12.8 Å². The van der Waals surface area contributed by atoms with Gasteiger partial charge in [0.1, 0.15) is 11.9 Å². The Hall–Kier alpha value is -0.860. The van der Waals surface area contributed by atoms with Gasteiger partial charge in [0.15, 0.2) is 0 Å². The fourth-order valence-corrected chi connectivity index (χ4v) is 1.36. The summed E-state index contributed by atoms with van der Waals surface area (Å²) in [5.41, 5.74) is -0.408. The number of ether oxygens (including phenoxy) is 1. The third-order valence-corrected chi connectivity index (χ3v) is 2.09. The van der Waals surface area contributed by atoms with Crippen LogP contribution in [0.15, 0.2) is 0 Å². The Labute approximate surface area is 85.8 Å². The predicted octanol–water partition coefficient (Wildman–Crippen LogP) is 2.33. The van der Waals surface area contributed by atoms with Gasteiger partial charge in [0.25, 0.3) is 0 Å². The lowest BCUT2D eigenvalue weighted by Gasteiger charge is -2.24. The van der Waals surface area contributed by atoms with Gasteiger partial charge in [0.2, 0.25) is 0 Å². The van der Waals surface area contributed by atoms with Crippen LogP contribution in [-0.2, 0) is 14.3 Å². The molecule has 0 spiro atoms. The molecular weight excluding hydrogens is 180 g/mol. The molecule has 0 N–H and O–H groups in total. The lowest BCUT2D eigenvalue weighted by Crippen LogP contribution is -2.26. The van der Waals surface area contributed by atoms with Crippen LogP contribution in [0.5, 0.6) is 0 Å². The summed E-state index contributed by atoms with van der Waals surface area (Å²) in [6.45, 7) is 7.08. The lowest BCUT2D eigenvalue weighted by molar-refractivity contribution is -0.154. The quantitative estimate of drug-likeness (QED) is 0.488. The Morgan fingerprint density at radius 1 is 1.50 bits per heavy atom. The molecule has 0 aliphatic heterocycles.